The highest BCUT2D eigenvalue weighted by atomic mass is 79.9. The second-order valence-corrected chi connectivity index (χ2v) is 6.29. The summed E-state index contributed by atoms with van der Waals surface area (Å²) in [5.41, 5.74) is 2.53. The Bertz CT molecular complexity index is 538. The molecule has 1 aromatic heterocycles. The SMILES string of the molecule is CCNC(c1cccc(Br)c1C)c1sccc1Cl. The standard InChI is InChI=1S/C14H15BrClNS/c1-3-17-13(14-12(16)7-8-18-14)10-5-4-6-11(15)9(10)2/h4-8,13,17H,3H2,1-2H3. The van der Waals surface area contributed by atoms with Gasteiger partial charge in [-0.2, -0.15) is 0 Å². The van der Waals surface area contributed by atoms with E-state index < -0.39 is 0 Å². The first kappa shape index (κ1) is 14.1. The summed E-state index contributed by atoms with van der Waals surface area (Å²) >= 11 is 11.6. The van der Waals surface area contributed by atoms with Gasteiger partial charge in [0.2, 0.25) is 0 Å². The van der Waals surface area contributed by atoms with Gasteiger partial charge in [0.25, 0.3) is 0 Å². The third-order valence-corrected chi connectivity index (χ3v) is 5.22. The van der Waals surface area contributed by atoms with Crippen LogP contribution in [0.4, 0.5) is 0 Å². The van der Waals surface area contributed by atoms with E-state index in [9.17, 15) is 0 Å². The lowest BCUT2D eigenvalue weighted by atomic mass is 10.00. The number of benzene rings is 1. The Hall–Kier alpha value is -0.350. The van der Waals surface area contributed by atoms with Crippen molar-refractivity contribution in [3.8, 4) is 0 Å². The molecule has 0 aliphatic rings. The van der Waals surface area contributed by atoms with Crippen molar-refractivity contribution in [2.24, 2.45) is 0 Å². The largest absolute Gasteiger partial charge is 0.306 e. The van der Waals surface area contributed by atoms with Gasteiger partial charge in [-0.3, -0.25) is 0 Å². The van der Waals surface area contributed by atoms with Crippen LogP contribution in [0.25, 0.3) is 0 Å². The van der Waals surface area contributed by atoms with E-state index in [0.717, 1.165) is 16.0 Å². The van der Waals surface area contributed by atoms with E-state index in [4.69, 9.17) is 11.6 Å². The van der Waals surface area contributed by atoms with Crippen LogP contribution < -0.4 is 5.32 Å². The monoisotopic (exact) mass is 343 g/mol. The minimum absolute atomic E-state index is 0.167. The lowest BCUT2D eigenvalue weighted by Gasteiger charge is -2.20. The van der Waals surface area contributed by atoms with Gasteiger partial charge in [0.15, 0.2) is 0 Å². The van der Waals surface area contributed by atoms with Crippen LogP contribution >= 0.6 is 38.9 Å². The molecule has 0 bridgehead atoms. The molecule has 0 radical (unpaired) electrons. The van der Waals surface area contributed by atoms with Crippen molar-refractivity contribution >= 4 is 38.9 Å². The average molecular weight is 345 g/mol. The highest BCUT2D eigenvalue weighted by Gasteiger charge is 2.19. The smallest absolute Gasteiger partial charge is 0.0689 e. The zero-order valence-corrected chi connectivity index (χ0v) is 13.5. The molecular weight excluding hydrogens is 330 g/mol. The number of rotatable bonds is 4. The first-order valence-electron chi connectivity index (χ1n) is 5.86. The first-order chi connectivity index (χ1) is 8.65. The average Bonchev–Trinajstić information content (AvgIpc) is 2.76. The Kier molecular flexibility index (Phi) is 4.84. The molecule has 4 heteroatoms. The fourth-order valence-corrected chi connectivity index (χ4v) is 3.64. The predicted octanol–water partition coefficient (Wildman–Crippen LogP) is 5.17. The van der Waals surface area contributed by atoms with Gasteiger partial charge < -0.3 is 5.32 Å². The van der Waals surface area contributed by atoms with E-state index in [1.807, 2.05) is 11.4 Å². The van der Waals surface area contributed by atoms with Crippen LogP contribution in [-0.4, -0.2) is 6.54 Å². The highest BCUT2D eigenvalue weighted by Crippen LogP contribution is 2.35. The van der Waals surface area contributed by atoms with Gasteiger partial charge in [0.05, 0.1) is 11.1 Å². The van der Waals surface area contributed by atoms with E-state index in [1.54, 1.807) is 11.3 Å². The van der Waals surface area contributed by atoms with E-state index in [-0.39, 0.29) is 6.04 Å². The molecule has 0 amide bonds. The van der Waals surface area contributed by atoms with Crippen LogP contribution in [0.15, 0.2) is 34.1 Å². The maximum Gasteiger partial charge on any atom is 0.0689 e. The molecule has 18 heavy (non-hydrogen) atoms. The minimum atomic E-state index is 0.167. The second kappa shape index (κ2) is 6.20. The normalized spacial score (nSPS) is 12.7. The Morgan fingerprint density at radius 1 is 1.39 bits per heavy atom. The molecule has 1 N–H and O–H groups in total. The summed E-state index contributed by atoms with van der Waals surface area (Å²) in [6.45, 7) is 5.15. The van der Waals surface area contributed by atoms with Crippen LogP contribution in [-0.2, 0) is 0 Å². The fourth-order valence-electron chi connectivity index (χ4n) is 2.00. The van der Waals surface area contributed by atoms with Gasteiger partial charge in [-0.15, -0.1) is 11.3 Å². The lowest BCUT2D eigenvalue weighted by molar-refractivity contribution is 0.636. The Balaban J connectivity index is 2.48. The molecule has 1 nitrogen and oxygen atoms in total. The fraction of sp³-hybridized carbons (Fsp3) is 0.286. The number of thiophene rings is 1. The van der Waals surface area contributed by atoms with Gasteiger partial charge in [-0.25, -0.2) is 0 Å². The summed E-state index contributed by atoms with van der Waals surface area (Å²) in [6, 6.07) is 8.42. The minimum Gasteiger partial charge on any atom is -0.306 e. The summed E-state index contributed by atoms with van der Waals surface area (Å²) in [4.78, 5) is 1.18. The molecule has 0 spiro atoms. The maximum absolute atomic E-state index is 6.27. The predicted molar refractivity (Wildman–Crippen MR) is 83.7 cm³/mol. The molecule has 1 atom stereocenters. The van der Waals surface area contributed by atoms with Crippen LogP contribution in [0.2, 0.25) is 5.02 Å². The van der Waals surface area contributed by atoms with Crippen molar-refractivity contribution < 1.29 is 0 Å². The van der Waals surface area contributed by atoms with Crippen LogP contribution in [0, 0.1) is 6.92 Å². The van der Waals surface area contributed by atoms with Crippen LogP contribution in [0.5, 0.6) is 0 Å². The summed E-state index contributed by atoms with van der Waals surface area (Å²) < 4.78 is 1.13. The van der Waals surface area contributed by atoms with Crippen molar-refractivity contribution in [1.82, 2.24) is 5.32 Å². The van der Waals surface area contributed by atoms with Crippen molar-refractivity contribution in [2.75, 3.05) is 6.54 Å². The van der Waals surface area contributed by atoms with Gasteiger partial charge in [-0.05, 0) is 42.1 Å². The molecule has 2 aromatic rings. The lowest BCUT2D eigenvalue weighted by Crippen LogP contribution is -2.22. The second-order valence-electron chi connectivity index (χ2n) is 4.08. The molecule has 0 saturated heterocycles. The molecule has 0 saturated carbocycles. The van der Waals surface area contributed by atoms with Gasteiger partial charge in [0, 0.05) is 9.35 Å². The number of hydrogen-bond donors (Lipinski definition) is 1. The molecular formula is C14H15BrClNS. The molecule has 2 rings (SSSR count). The molecule has 96 valence electrons. The molecule has 0 aliphatic carbocycles. The van der Waals surface area contributed by atoms with Gasteiger partial charge >= 0.3 is 0 Å². The zero-order valence-electron chi connectivity index (χ0n) is 10.3. The molecule has 1 unspecified atom stereocenters. The molecule has 0 aliphatic heterocycles. The summed E-state index contributed by atoms with van der Waals surface area (Å²) in [5.74, 6) is 0. The Labute approximate surface area is 125 Å². The highest BCUT2D eigenvalue weighted by molar-refractivity contribution is 9.10. The van der Waals surface area contributed by atoms with Crippen molar-refractivity contribution in [3.05, 3.63) is 55.1 Å². The number of nitrogens with one attached hydrogen (secondary N) is 1. The van der Waals surface area contributed by atoms with Crippen LogP contribution in [0.3, 0.4) is 0 Å². The third kappa shape index (κ3) is 2.80. The van der Waals surface area contributed by atoms with E-state index in [0.29, 0.717) is 0 Å². The molecule has 0 fully saturated rings. The Morgan fingerprint density at radius 3 is 2.78 bits per heavy atom. The Morgan fingerprint density at radius 2 is 2.17 bits per heavy atom. The summed E-state index contributed by atoms with van der Waals surface area (Å²) in [6.07, 6.45) is 0. The zero-order chi connectivity index (χ0) is 13.1. The summed E-state index contributed by atoms with van der Waals surface area (Å²) in [7, 11) is 0. The molecule has 1 aromatic carbocycles. The number of halogens is 2. The first-order valence-corrected chi connectivity index (χ1v) is 7.91. The van der Waals surface area contributed by atoms with Crippen molar-refractivity contribution in [3.63, 3.8) is 0 Å². The maximum atomic E-state index is 6.27. The van der Waals surface area contributed by atoms with Crippen LogP contribution in [0.1, 0.15) is 29.0 Å². The van der Waals surface area contributed by atoms with Gasteiger partial charge in [0.1, 0.15) is 0 Å². The van der Waals surface area contributed by atoms with Crippen molar-refractivity contribution in [1.29, 1.82) is 0 Å². The van der Waals surface area contributed by atoms with Crippen molar-refractivity contribution in [2.45, 2.75) is 19.9 Å². The quantitative estimate of drug-likeness (QED) is 0.806. The summed E-state index contributed by atoms with van der Waals surface area (Å²) in [5, 5.41) is 6.39. The third-order valence-electron chi connectivity index (χ3n) is 2.94. The van der Waals surface area contributed by atoms with E-state index >= 15 is 0 Å². The number of hydrogen-bond acceptors (Lipinski definition) is 2. The van der Waals surface area contributed by atoms with Gasteiger partial charge in [-0.1, -0.05) is 46.6 Å². The topological polar surface area (TPSA) is 12.0 Å². The van der Waals surface area contributed by atoms with E-state index in [2.05, 4.69) is 53.3 Å². The molecule has 1 heterocycles. The van der Waals surface area contributed by atoms with E-state index in [1.165, 1.54) is 16.0 Å².